The van der Waals surface area contributed by atoms with E-state index in [1.807, 2.05) is 34.9 Å². The zero-order valence-corrected chi connectivity index (χ0v) is 17.3. The first-order chi connectivity index (χ1) is 13.8. The van der Waals surface area contributed by atoms with Gasteiger partial charge in [0, 0.05) is 31.0 Å². The Morgan fingerprint density at radius 3 is 2.41 bits per heavy atom. The molecule has 152 valence electrons. The molecule has 9 heteroatoms. The van der Waals surface area contributed by atoms with Gasteiger partial charge in [0.1, 0.15) is 11.5 Å². The van der Waals surface area contributed by atoms with Crippen LogP contribution < -0.4 is 20.7 Å². The van der Waals surface area contributed by atoms with E-state index < -0.39 is 0 Å². The molecular formula is C20H23N5O4. The maximum Gasteiger partial charge on any atom is 0.332 e. The molecule has 0 bridgehead atoms. The molecule has 0 radical (unpaired) electrons. The Kier molecular flexibility index (Phi) is 4.25. The first kappa shape index (κ1) is 18.9. The van der Waals surface area contributed by atoms with Crippen LogP contribution >= 0.6 is 0 Å². The molecule has 0 aliphatic carbocycles. The van der Waals surface area contributed by atoms with Gasteiger partial charge < -0.3 is 9.47 Å². The monoisotopic (exact) mass is 397 g/mol. The van der Waals surface area contributed by atoms with Crippen molar-refractivity contribution >= 4 is 16.9 Å². The average molecular weight is 397 g/mol. The lowest BCUT2D eigenvalue weighted by atomic mass is 10.2. The molecule has 0 amide bonds. The van der Waals surface area contributed by atoms with E-state index in [0.29, 0.717) is 35.0 Å². The van der Waals surface area contributed by atoms with Gasteiger partial charge in [-0.15, -0.1) is 0 Å². The van der Waals surface area contributed by atoms with Crippen LogP contribution in [0.25, 0.3) is 22.6 Å². The van der Waals surface area contributed by atoms with Crippen molar-refractivity contribution in [2.75, 3.05) is 14.2 Å². The molecule has 0 aliphatic heterocycles. The number of benzene rings is 1. The van der Waals surface area contributed by atoms with Gasteiger partial charge in [0.15, 0.2) is 11.2 Å². The molecule has 0 N–H and O–H groups in total. The Labute approximate surface area is 166 Å². The third kappa shape index (κ3) is 2.43. The van der Waals surface area contributed by atoms with Gasteiger partial charge in [-0.1, -0.05) is 0 Å². The maximum atomic E-state index is 13.1. The SMILES string of the molecule is CCn1c(=O)c2c(nc3n(-c4ccc(OC)cc4OC)c(C)c(C)n23)n(C)c1=O. The first-order valence-electron chi connectivity index (χ1n) is 9.27. The second-order valence-electron chi connectivity index (χ2n) is 6.85. The lowest BCUT2D eigenvalue weighted by Gasteiger charge is -2.13. The second-order valence-corrected chi connectivity index (χ2v) is 6.85. The molecule has 9 nitrogen and oxygen atoms in total. The summed E-state index contributed by atoms with van der Waals surface area (Å²) in [5.74, 6) is 1.82. The number of methoxy groups -OCH3 is 2. The predicted molar refractivity (Wildman–Crippen MR) is 110 cm³/mol. The summed E-state index contributed by atoms with van der Waals surface area (Å²) in [6.45, 7) is 5.95. The van der Waals surface area contributed by atoms with Crippen LogP contribution in [0, 0.1) is 13.8 Å². The summed E-state index contributed by atoms with van der Waals surface area (Å²) >= 11 is 0. The van der Waals surface area contributed by atoms with E-state index in [1.54, 1.807) is 34.3 Å². The minimum Gasteiger partial charge on any atom is -0.497 e. The highest BCUT2D eigenvalue weighted by atomic mass is 16.5. The summed E-state index contributed by atoms with van der Waals surface area (Å²) in [5, 5.41) is 0. The van der Waals surface area contributed by atoms with Crippen molar-refractivity contribution in [2.24, 2.45) is 7.05 Å². The number of aryl methyl sites for hydroxylation is 2. The van der Waals surface area contributed by atoms with E-state index in [4.69, 9.17) is 9.47 Å². The number of rotatable bonds is 4. The fourth-order valence-corrected chi connectivity index (χ4v) is 3.79. The predicted octanol–water partition coefficient (Wildman–Crippen LogP) is 1.79. The van der Waals surface area contributed by atoms with Gasteiger partial charge in [-0.3, -0.25) is 22.9 Å². The van der Waals surface area contributed by atoms with Crippen molar-refractivity contribution < 1.29 is 9.47 Å². The molecule has 4 rings (SSSR count). The highest BCUT2D eigenvalue weighted by Gasteiger charge is 2.24. The largest absolute Gasteiger partial charge is 0.497 e. The van der Waals surface area contributed by atoms with Crippen molar-refractivity contribution in [3.8, 4) is 17.2 Å². The van der Waals surface area contributed by atoms with Crippen molar-refractivity contribution in [1.82, 2.24) is 23.1 Å². The van der Waals surface area contributed by atoms with Gasteiger partial charge in [0.2, 0.25) is 5.78 Å². The van der Waals surface area contributed by atoms with Crippen LogP contribution in [0.3, 0.4) is 0 Å². The van der Waals surface area contributed by atoms with E-state index in [1.165, 1.54) is 9.13 Å². The van der Waals surface area contributed by atoms with Crippen LogP contribution in [0.1, 0.15) is 18.3 Å². The van der Waals surface area contributed by atoms with Crippen molar-refractivity contribution in [3.05, 3.63) is 50.4 Å². The molecule has 3 aromatic heterocycles. The molecule has 3 heterocycles. The van der Waals surface area contributed by atoms with Crippen molar-refractivity contribution in [1.29, 1.82) is 0 Å². The molecule has 0 aliphatic rings. The normalized spacial score (nSPS) is 11.5. The molecule has 1 aromatic carbocycles. The van der Waals surface area contributed by atoms with Gasteiger partial charge in [-0.05, 0) is 32.9 Å². The van der Waals surface area contributed by atoms with Crippen molar-refractivity contribution in [2.45, 2.75) is 27.3 Å². The highest BCUT2D eigenvalue weighted by Crippen LogP contribution is 2.32. The molecule has 0 unspecified atom stereocenters. The molecule has 4 aromatic rings. The summed E-state index contributed by atoms with van der Waals surface area (Å²) in [6, 6.07) is 5.52. The first-order valence-corrected chi connectivity index (χ1v) is 9.27. The lowest BCUT2D eigenvalue weighted by molar-refractivity contribution is 0.393. The van der Waals surface area contributed by atoms with Gasteiger partial charge in [-0.2, -0.15) is 4.98 Å². The van der Waals surface area contributed by atoms with Crippen LogP contribution in [0.2, 0.25) is 0 Å². The fourth-order valence-electron chi connectivity index (χ4n) is 3.79. The Bertz CT molecular complexity index is 1390. The highest BCUT2D eigenvalue weighted by molar-refractivity contribution is 5.77. The number of aromatic nitrogens is 5. The number of nitrogens with zero attached hydrogens (tertiary/aromatic N) is 5. The van der Waals surface area contributed by atoms with Gasteiger partial charge >= 0.3 is 5.69 Å². The Morgan fingerprint density at radius 1 is 1.07 bits per heavy atom. The van der Waals surface area contributed by atoms with E-state index in [2.05, 4.69) is 4.98 Å². The Hall–Kier alpha value is -3.49. The summed E-state index contributed by atoms with van der Waals surface area (Å²) in [4.78, 5) is 30.3. The Morgan fingerprint density at radius 2 is 1.79 bits per heavy atom. The third-order valence-electron chi connectivity index (χ3n) is 5.46. The molecule has 0 saturated carbocycles. The molecular weight excluding hydrogens is 374 g/mol. The maximum absolute atomic E-state index is 13.1. The number of ether oxygens (including phenoxy) is 2. The average Bonchev–Trinajstić information content (AvgIpc) is 3.22. The van der Waals surface area contributed by atoms with Crippen LogP contribution in [0.5, 0.6) is 11.5 Å². The summed E-state index contributed by atoms with van der Waals surface area (Å²) in [6.07, 6.45) is 0. The number of hydrogen-bond acceptors (Lipinski definition) is 5. The minimum absolute atomic E-state index is 0.291. The molecule has 0 spiro atoms. The molecule has 29 heavy (non-hydrogen) atoms. The van der Waals surface area contributed by atoms with Crippen LogP contribution in [0.15, 0.2) is 27.8 Å². The van der Waals surface area contributed by atoms with E-state index in [-0.39, 0.29) is 11.2 Å². The summed E-state index contributed by atoms with van der Waals surface area (Å²) < 4.78 is 17.2. The van der Waals surface area contributed by atoms with E-state index in [0.717, 1.165) is 17.1 Å². The number of fused-ring (bicyclic) bond motifs is 3. The summed E-state index contributed by atoms with van der Waals surface area (Å²) in [7, 11) is 4.81. The zero-order chi connectivity index (χ0) is 21.0. The van der Waals surface area contributed by atoms with Crippen LogP contribution in [-0.2, 0) is 13.6 Å². The molecule has 0 fully saturated rings. The molecule has 0 saturated heterocycles. The second kappa shape index (κ2) is 6.54. The van der Waals surface area contributed by atoms with E-state index in [9.17, 15) is 9.59 Å². The van der Waals surface area contributed by atoms with E-state index >= 15 is 0 Å². The van der Waals surface area contributed by atoms with Gasteiger partial charge in [0.25, 0.3) is 5.56 Å². The van der Waals surface area contributed by atoms with Crippen LogP contribution in [0.4, 0.5) is 0 Å². The van der Waals surface area contributed by atoms with Gasteiger partial charge in [0.05, 0.1) is 19.9 Å². The Balaban J connectivity index is 2.19. The number of hydrogen-bond donors (Lipinski definition) is 0. The fraction of sp³-hybridized carbons (Fsp3) is 0.350. The standard InChI is InChI=1S/C20H23N5O4/c1-7-23-18(26)16-17(22(4)20(23)27)21-19-24(11(2)12(3)25(16)19)14-9-8-13(28-5)10-15(14)29-6/h8-10H,7H2,1-6H3. The lowest BCUT2D eigenvalue weighted by Crippen LogP contribution is -2.38. The van der Waals surface area contributed by atoms with Gasteiger partial charge in [-0.25, -0.2) is 4.79 Å². The quantitative estimate of drug-likeness (QED) is 0.524. The van der Waals surface area contributed by atoms with Crippen LogP contribution in [-0.4, -0.2) is 37.3 Å². The third-order valence-corrected chi connectivity index (χ3v) is 5.46. The van der Waals surface area contributed by atoms with Crippen molar-refractivity contribution in [3.63, 3.8) is 0 Å². The number of imidazole rings is 2. The molecule has 0 atom stereocenters. The summed E-state index contributed by atoms with van der Waals surface area (Å²) in [5.41, 5.74) is 2.54. The smallest absolute Gasteiger partial charge is 0.332 e. The minimum atomic E-state index is -0.381. The topological polar surface area (TPSA) is 84.7 Å². The zero-order valence-electron chi connectivity index (χ0n) is 17.3.